The monoisotopic (exact) mass is 510 g/mol. The third kappa shape index (κ3) is 4.96. The lowest BCUT2D eigenvalue weighted by atomic mass is 9.99. The molecule has 1 saturated carbocycles. The smallest absolute Gasteiger partial charge is 0.433 e. The van der Waals surface area contributed by atoms with Crippen LogP contribution >= 0.6 is 11.3 Å². The third-order valence-corrected chi connectivity index (χ3v) is 6.13. The van der Waals surface area contributed by atoms with Crippen LogP contribution < -0.4 is 10.1 Å². The molecule has 1 N–H and O–H groups in total. The first kappa shape index (κ1) is 23.6. The van der Waals surface area contributed by atoms with Crippen LogP contribution in [0.4, 0.5) is 18.3 Å². The molecule has 0 aromatic carbocycles. The van der Waals surface area contributed by atoms with E-state index in [9.17, 15) is 18.0 Å². The van der Waals surface area contributed by atoms with Gasteiger partial charge in [0.25, 0.3) is 5.91 Å². The number of hydrogen-bond acceptors (Lipinski definition) is 8. The topological polar surface area (TPSA) is 103 Å². The minimum atomic E-state index is -4.67. The highest BCUT2D eigenvalue weighted by atomic mass is 32.1. The number of halogens is 3. The van der Waals surface area contributed by atoms with E-state index in [1.165, 1.54) is 25.6 Å². The molecule has 5 rings (SSSR count). The Morgan fingerprint density at radius 1 is 1.11 bits per heavy atom. The maximum absolute atomic E-state index is 13.3. The third-order valence-electron chi connectivity index (χ3n) is 5.28. The molecule has 4 heterocycles. The average molecular weight is 511 g/mol. The molecule has 1 aliphatic rings. The van der Waals surface area contributed by atoms with E-state index in [4.69, 9.17) is 4.74 Å². The largest absolute Gasteiger partial charge is 0.494 e. The van der Waals surface area contributed by atoms with Gasteiger partial charge in [-0.05, 0) is 37.8 Å². The molecule has 4 aromatic rings. The van der Waals surface area contributed by atoms with E-state index >= 15 is 0 Å². The first-order valence-corrected chi connectivity index (χ1v) is 11.6. The molecule has 12 heteroatoms. The highest BCUT2D eigenvalue weighted by molar-refractivity contribution is 7.21. The van der Waals surface area contributed by atoms with Gasteiger partial charge in [0.1, 0.15) is 17.1 Å². The zero-order valence-electron chi connectivity index (χ0n) is 19.0. The predicted molar refractivity (Wildman–Crippen MR) is 127 cm³/mol. The number of aryl methyl sites for hydroxylation is 1. The molecular formula is C24H17F3N6O2S. The van der Waals surface area contributed by atoms with Crippen LogP contribution in [0.1, 0.15) is 40.3 Å². The number of anilines is 1. The Balaban J connectivity index is 1.49. The highest BCUT2D eigenvalue weighted by Gasteiger charge is 2.34. The van der Waals surface area contributed by atoms with Crippen LogP contribution in [0.2, 0.25) is 0 Å². The molecule has 1 amide bonds. The number of rotatable bonds is 4. The van der Waals surface area contributed by atoms with E-state index in [0.717, 1.165) is 36.4 Å². The quantitative estimate of drug-likeness (QED) is 0.390. The summed E-state index contributed by atoms with van der Waals surface area (Å²) in [5, 5.41) is 2.90. The fourth-order valence-corrected chi connectivity index (χ4v) is 4.13. The Morgan fingerprint density at radius 3 is 2.64 bits per heavy atom. The van der Waals surface area contributed by atoms with E-state index < -0.39 is 17.8 Å². The van der Waals surface area contributed by atoms with Gasteiger partial charge < -0.3 is 4.74 Å². The molecule has 0 radical (unpaired) electrons. The number of carbonyl (C=O) groups is 1. The molecule has 4 aromatic heterocycles. The molecule has 36 heavy (non-hydrogen) atoms. The molecule has 8 nitrogen and oxygen atoms in total. The maximum atomic E-state index is 13.3. The molecule has 1 fully saturated rings. The number of amides is 1. The minimum Gasteiger partial charge on any atom is -0.494 e. The van der Waals surface area contributed by atoms with Crippen LogP contribution in [0.15, 0.2) is 30.7 Å². The van der Waals surface area contributed by atoms with Crippen molar-refractivity contribution in [3.63, 3.8) is 0 Å². The lowest BCUT2D eigenvalue weighted by Gasteiger charge is -2.15. The fraction of sp³-hybridized carbons (Fsp3) is 0.250. The number of nitrogens with one attached hydrogen (secondary N) is 1. The second kappa shape index (κ2) is 9.16. The van der Waals surface area contributed by atoms with Gasteiger partial charge in [-0.1, -0.05) is 17.3 Å². The Bertz CT molecular complexity index is 1550. The van der Waals surface area contributed by atoms with Gasteiger partial charge in [-0.25, -0.2) is 15.0 Å². The summed E-state index contributed by atoms with van der Waals surface area (Å²) in [4.78, 5) is 34.3. The van der Waals surface area contributed by atoms with E-state index in [1.807, 2.05) is 0 Å². The molecule has 0 atom stereocenters. The van der Waals surface area contributed by atoms with Crippen LogP contribution in [-0.2, 0) is 6.18 Å². The fourth-order valence-electron chi connectivity index (χ4n) is 3.34. The Kier molecular flexibility index (Phi) is 6.01. The number of fused-ring (bicyclic) bond motifs is 1. The van der Waals surface area contributed by atoms with Crippen molar-refractivity contribution in [1.82, 2.24) is 24.9 Å². The summed E-state index contributed by atoms with van der Waals surface area (Å²) >= 11 is 1.11. The van der Waals surface area contributed by atoms with Crippen molar-refractivity contribution in [3.05, 3.63) is 53.4 Å². The van der Waals surface area contributed by atoms with Gasteiger partial charge >= 0.3 is 6.18 Å². The van der Waals surface area contributed by atoms with Gasteiger partial charge in [-0.3, -0.25) is 15.1 Å². The number of pyridine rings is 2. The van der Waals surface area contributed by atoms with Gasteiger partial charge in [-0.15, -0.1) is 0 Å². The summed E-state index contributed by atoms with van der Waals surface area (Å²) in [6, 6.07) is 2.36. The zero-order chi connectivity index (χ0) is 25.4. The average Bonchev–Trinajstić information content (AvgIpc) is 3.59. The summed E-state index contributed by atoms with van der Waals surface area (Å²) in [5.41, 5.74) is 0.563. The molecule has 0 spiro atoms. The van der Waals surface area contributed by atoms with Crippen molar-refractivity contribution < 1.29 is 22.7 Å². The second-order valence-electron chi connectivity index (χ2n) is 8.04. The molecule has 1 aliphatic carbocycles. The first-order chi connectivity index (χ1) is 17.2. The SMILES string of the molecule is COc1cnc(C(F)(F)F)cc1-c1cc(C)ncc1C(=O)Nc1nc2ncc(C#CC3CC3)nc2s1. The number of ether oxygens (including phenoxy) is 1. The van der Waals surface area contributed by atoms with E-state index in [-0.39, 0.29) is 27.6 Å². The predicted octanol–water partition coefficient (Wildman–Crippen LogP) is 4.89. The summed E-state index contributed by atoms with van der Waals surface area (Å²) in [7, 11) is 1.31. The molecular weight excluding hydrogens is 493 g/mol. The van der Waals surface area contributed by atoms with Crippen LogP contribution in [0, 0.1) is 24.7 Å². The van der Waals surface area contributed by atoms with Crippen molar-refractivity contribution in [2.75, 3.05) is 12.4 Å². The van der Waals surface area contributed by atoms with Crippen LogP contribution in [-0.4, -0.2) is 37.9 Å². The van der Waals surface area contributed by atoms with Crippen LogP contribution in [0.5, 0.6) is 5.75 Å². The summed E-state index contributed by atoms with van der Waals surface area (Å²) < 4.78 is 45.3. The molecule has 182 valence electrons. The maximum Gasteiger partial charge on any atom is 0.433 e. The molecule has 0 unspecified atom stereocenters. The standard InChI is InChI=1S/C24H17F3N6O2S/c1-12-7-15(16-8-19(24(25,26)27)29-11-18(16)35-2)17(10-28-12)21(34)33-23-32-20-22(36-23)31-14(9-30-20)6-5-13-3-4-13/h7-11,13H,3-4H2,1-2H3,(H,30,32,33,34). The van der Waals surface area contributed by atoms with Crippen molar-refractivity contribution in [2.45, 2.75) is 25.9 Å². The Morgan fingerprint density at radius 2 is 1.92 bits per heavy atom. The number of alkyl halides is 3. The number of hydrogen-bond donors (Lipinski definition) is 1. The van der Waals surface area contributed by atoms with Gasteiger partial charge in [0.05, 0.1) is 25.1 Å². The van der Waals surface area contributed by atoms with Gasteiger partial charge in [0.15, 0.2) is 15.6 Å². The lowest BCUT2D eigenvalue weighted by Crippen LogP contribution is -2.14. The molecule has 0 saturated heterocycles. The van der Waals surface area contributed by atoms with Gasteiger partial charge in [-0.2, -0.15) is 18.2 Å². The summed E-state index contributed by atoms with van der Waals surface area (Å²) in [6.07, 6.45) is 1.32. The van der Waals surface area contributed by atoms with E-state index in [0.29, 0.717) is 27.8 Å². The highest BCUT2D eigenvalue weighted by Crippen LogP contribution is 2.37. The molecule has 0 bridgehead atoms. The Labute approximate surface area is 207 Å². The van der Waals surface area contributed by atoms with E-state index in [1.54, 1.807) is 6.92 Å². The number of methoxy groups -OCH3 is 1. The number of aromatic nitrogens is 5. The second-order valence-corrected chi connectivity index (χ2v) is 9.02. The van der Waals surface area contributed by atoms with Crippen LogP contribution in [0.3, 0.4) is 0 Å². The Hall–Kier alpha value is -4.11. The normalized spacial score (nSPS) is 13.2. The van der Waals surface area contributed by atoms with Crippen molar-refractivity contribution in [3.8, 4) is 28.7 Å². The number of carbonyl (C=O) groups excluding carboxylic acids is 1. The first-order valence-electron chi connectivity index (χ1n) is 10.8. The van der Waals surface area contributed by atoms with Crippen molar-refractivity contribution in [2.24, 2.45) is 5.92 Å². The minimum absolute atomic E-state index is 0.0365. The number of nitrogens with zero attached hydrogens (tertiary/aromatic N) is 5. The van der Waals surface area contributed by atoms with Crippen molar-refractivity contribution in [1.29, 1.82) is 0 Å². The van der Waals surface area contributed by atoms with Gasteiger partial charge in [0.2, 0.25) is 0 Å². The van der Waals surface area contributed by atoms with Crippen molar-refractivity contribution >= 4 is 32.9 Å². The van der Waals surface area contributed by atoms with E-state index in [2.05, 4.69) is 42.1 Å². The molecule has 0 aliphatic heterocycles. The summed E-state index contributed by atoms with van der Waals surface area (Å²) in [5.74, 6) is 6.00. The van der Waals surface area contributed by atoms with Gasteiger partial charge in [0, 0.05) is 28.9 Å². The number of thiazole rings is 1. The van der Waals surface area contributed by atoms with Crippen LogP contribution in [0.25, 0.3) is 21.6 Å². The summed E-state index contributed by atoms with van der Waals surface area (Å²) in [6.45, 7) is 1.66. The lowest BCUT2D eigenvalue weighted by molar-refractivity contribution is -0.141. The zero-order valence-corrected chi connectivity index (χ0v) is 19.8.